The number of rotatable bonds is 14. The van der Waals surface area contributed by atoms with Gasteiger partial charge in [0.1, 0.15) is 0 Å². The lowest BCUT2D eigenvalue weighted by Gasteiger charge is -2.03. The summed E-state index contributed by atoms with van der Waals surface area (Å²) in [6, 6.07) is 0. The molecular weight excluding hydrogens is 230 g/mol. The minimum Gasteiger partial charge on any atom is -0.298 e. The Morgan fingerprint density at radius 1 is 0.789 bits per heavy atom. The topological polar surface area (TPSA) is 12.4 Å². The fraction of sp³-hybridized carbons (Fsp3) is 0.944. The van der Waals surface area contributed by atoms with E-state index in [0.29, 0.717) is 0 Å². The molecule has 0 bridgehead atoms. The van der Waals surface area contributed by atoms with Crippen LogP contribution in [0, 0.1) is 5.92 Å². The average molecular weight is 268 g/mol. The van der Waals surface area contributed by atoms with Gasteiger partial charge in [-0.25, -0.2) is 0 Å². The minimum atomic E-state index is 0.874. The Balaban J connectivity index is 3.05. The lowest BCUT2D eigenvalue weighted by molar-refractivity contribution is 0.522. The Labute approximate surface area is 122 Å². The third-order valence-corrected chi connectivity index (χ3v) is 3.63. The first kappa shape index (κ1) is 18.7. The van der Waals surface area contributed by atoms with Crippen LogP contribution in [0.2, 0.25) is 0 Å². The molecule has 0 N–H and O–H groups in total. The molecule has 0 radical (unpaired) electrons. The normalized spacial score (nSPS) is 11.8. The van der Waals surface area contributed by atoms with Gasteiger partial charge in [-0.05, 0) is 31.4 Å². The zero-order valence-corrected chi connectivity index (χ0v) is 13.8. The molecule has 0 aliphatic rings. The largest absolute Gasteiger partial charge is 0.298 e. The highest BCUT2D eigenvalue weighted by molar-refractivity contribution is 5.56. The molecule has 114 valence electrons. The van der Waals surface area contributed by atoms with Crippen molar-refractivity contribution >= 4 is 6.21 Å². The fourth-order valence-electron chi connectivity index (χ4n) is 2.31. The minimum absolute atomic E-state index is 0.874. The van der Waals surface area contributed by atoms with Gasteiger partial charge in [-0.3, -0.25) is 4.99 Å². The summed E-state index contributed by atoms with van der Waals surface area (Å²) in [5, 5.41) is 0. The highest BCUT2D eigenvalue weighted by Gasteiger charge is 1.93. The van der Waals surface area contributed by atoms with E-state index < -0.39 is 0 Å². The number of hydrogen-bond donors (Lipinski definition) is 0. The van der Waals surface area contributed by atoms with Gasteiger partial charge in [0.2, 0.25) is 0 Å². The van der Waals surface area contributed by atoms with Gasteiger partial charge < -0.3 is 0 Å². The molecule has 0 saturated heterocycles. The maximum absolute atomic E-state index is 4.51. The van der Waals surface area contributed by atoms with E-state index >= 15 is 0 Å². The van der Waals surface area contributed by atoms with Crippen molar-refractivity contribution in [3.05, 3.63) is 0 Å². The molecule has 0 atom stereocenters. The van der Waals surface area contributed by atoms with E-state index in [-0.39, 0.29) is 0 Å². The highest BCUT2D eigenvalue weighted by atomic mass is 14.7. The van der Waals surface area contributed by atoms with Gasteiger partial charge in [0.05, 0.1) is 0 Å². The quantitative estimate of drug-likeness (QED) is 0.254. The lowest BCUT2D eigenvalue weighted by atomic mass is 10.0. The molecule has 0 aliphatic heterocycles. The number of unbranched alkanes of at least 4 members (excludes halogenated alkanes) is 9. The van der Waals surface area contributed by atoms with Crippen LogP contribution >= 0.6 is 0 Å². The number of hydrogen-bond acceptors (Lipinski definition) is 1. The Morgan fingerprint density at radius 2 is 1.42 bits per heavy atom. The zero-order valence-electron chi connectivity index (χ0n) is 13.8. The predicted octanol–water partition coefficient (Wildman–Crippen LogP) is 6.41. The smallest absolute Gasteiger partial charge is 0.0385 e. The SMILES string of the molecule is CCCCCCCCN=CCCCCCCC(C)C. The molecule has 0 heterocycles. The van der Waals surface area contributed by atoms with Crippen LogP contribution in [0.1, 0.15) is 97.8 Å². The molecule has 0 rings (SSSR count). The summed E-state index contributed by atoms with van der Waals surface area (Å²) in [5.41, 5.74) is 0. The molecule has 0 aromatic carbocycles. The Bertz CT molecular complexity index is 184. The van der Waals surface area contributed by atoms with Crippen molar-refractivity contribution in [1.82, 2.24) is 0 Å². The van der Waals surface area contributed by atoms with Gasteiger partial charge in [0.15, 0.2) is 0 Å². The van der Waals surface area contributed by atoms with Gasteiger partial charge in [-0.15, -0.1) is 0 Å². The summed E-state index contributed by atoms with van der Waals surface area (Å²) >= 11 is 0. The molecule has 0 aliphatic carbocycles. The summed E-state index contributed by atoms with van der Waals surface area (Å²) in [6.07, 6.45) is 18.5. The van der Waals surface area contributed by atoms with Gasteiger partial charge in [0.25, 0.3) is 0 Å². The molecule has 0 aromatic rings. The Morgan fingerprint density at radius 3 is 2.16 bits per heavy atom. The van der Waals surface area contributed by atoms with Crippen LogP contribution in [0.3, 0.4) is 0 Å². The van der Waals surface area contributed by atoms with E-state index in [1.54, 1.807) is 0 Å². The second kappa shape index (κ2) is 15.7. The summed E-state index contributed by atoms with van der Waals surface area (Å²) < 4.78 is 0. The maximum Gasteiger partial charge on any atom is 0.0385 e. The number of aliphatic imine (C=N–C) groups is 1. The average Bonchev–Trinajstić information content (AvgIpc) is 2.39. The summed E-state index contributed by atoms with van der Waals surface area (Å²) in [4.78, 5) is 4.51. The van der Waals surface area contributed by atoms with Crippen molar-refractivity contribution < 1.29 is 0 Å². The first-order valence-corrected chi connectivity index (χ1v) is 8.75. The Kier molecular flexibility index (Phi) is 15.5. The first-order chi connectivity index (χ1) is 9.27. The summed E-state index contributed by atoms with van der Waals surface area (Å²) in [7, 11) is 0. The molecule has 0 amide bonds. The van der Waals surface area contributed by atoms with Crippen LogP contribution in [-0.4, -0.2) is 12.8 Å². The highest BCUT2D eigenvalue weighted by Crippen LogP contribution is 2.10. The van der Waals surface area contributed by atoms with Crippen LogP contribution in [0.4, 0.5) is 0 Å². The van der Waals surface area contributed by atoms with Crippen molar-refractivity contribution in [3.63, 3.8) is 0 Å². The van der Waals surface area contributed by atoms with Gasteiger partial charge in [-0.2, -0.15) is 0 Å². The van der Waals surface area contributed by atoms with Crippen LogP contribution in [0.15, 0.2) is 4.99 Å². The van der Waals surface area contributed by atoms with E-state index in [1.807, 2.05) is 0 Å². The van der Waals surface area contributed by atoms with Crippen LogP contribution in [0.5, 0.6) is 0 Å². The molecular formula is C18H37N. The molecule has 0 spiro atoms. The number of nitrogens with zero attached hydrogens (tertiary/aromatic N) is 1. The molecule has 0 fully saturated rings. The zero-order chi connectivity index (χ0) is 14.2. The van der Waals surface area contributed by atoms with Gasteiger partial charge in [-0.1, -0.05) is 78.6 Å². The van der Waals surface area contributed by atoms with E-state index in [4.69, 9.17) is 0 Å². The first-order valence-electron chi connectivity index (χ1n) is 8.75. The Hall–Kier alpha value is -0.330. The second-order valence-corrected chi connectivity index (χ2v) is 6.24. The molecule has 1 heteroatoms. The van der Waals surface area contributed by atoms with Crippen molar-refractivity contribution in [2.45, 2.75) is 97.8 Å². The predicted molar refractivity (Wildman–Crippen MR) is 89.3 cm³/mol. The molecule has 1 nitrogen and oxygen atoms in total. The molecule has 0 unspecified atom stereocenters. The second-order valence-electron chi connectivity index (χ2n) is 6.24. The summed E-state index contributed by atoms with van der Waals surface area (Å²) in [5.74, 6) is 0.874. The monoisotopic (exact) mass is 267 g/mol. The maximum atomic E-state index is 4.51. The molecule has 19 heavy (non-hydrogen) atoms. The van der Waals surface area contributed by atoms with Crippen molar-refractivity contribution in [3.8, 4) is 0 Å². The fourth-order valence-corrected chi connectivity index (χ4v) is 2.31. The van der Waals surface area contributed by atoms with Gasteiger partial charge >= 0.3 is 0 Å². The third kappa shape index (κ3) is 17.7. The van der Waals surface area contributed by atoms with Crippen molar-refractivity contribution in [1.29, 1.82) is 0 Å². The lowest BCUT2D eigenvalue weighted by Crippen LogP contribution is -1.88. The molecule has 0 aromatic heterocycles. The van der Waals surface area contributed by atoms with Gasteiger partial charge in [0, 0.05) is 6.54 Å². The van der Waals surface area contributed by atoms with E-state index in [2.05, 4.69) is 32.0 Å². The van der Waals surface area contributed by atoms with Crippen molar-refractivity contribution in [2.75, 3.05) is 6.54 Å². The van der Waals surface area contributed by atoms with E-state index in [1.165, 1.54) is 77.0 Å². The van der Waals surface area contributed by atoms with E-state index in [9.17, 15) is 0 Å². The standard InChI is InChI=1S/C18H37N/c1-4-5-6-7-10-13-16-19-17-14-11-8-9-12-15-18(2)3/h17-18H,4-16H2,1-3H3. The third-order valence-electron chi connectivity index (χ3n) is 3.63. The van der Waals surface area contributed by atoms with E-state index in [0.717, 1.165) is 12.5 Å². The molecule has 0 saturated carbocycles. The van der Waals surface area contributed by atoms with Crippen LogP contribution < -0.4 is 0 Å². The van der Waals surface area contributed by atoms with Crippen LogP contribution in [-0.2, 0) is 0 Å². The van der Waals surface area contributed by atoms with Crippen molar-refractivity contribution in [2.24, 2.45) is 10.9 Å². The summed E-state index contributed by atoms with van der Waals surface area (Å²) in [6.45, 7) is 7.95. The van der Waals surface area contributed by atoms with Crippen LogP contribution in [0.25, 0.3) is 0 Å².